The molecule has 1 atom stereocenters. The number of ether oxygens (including phenoxy) is 2. The summed E-state index contributed by atoms with van der Waals surface area (Å²) in [6.45, 7) is 0.222. The molecule has 1 saturated carbocycles. The SMILES string of the molecule is O=C1CC[C@@]2(C(=O)OCCOc3ccccc3)N1c1ccccc1C(=O)N2C1CC1. The van der Waals surface area contributed by atoms with Crippen molar-refractivity contribution in [3.63, 3.8) is 0 Å². The van der Waals surface area contributed by atoms with Crippen LogP contribution in [-0.4, -0.2) is 47.6 Å². The lowest BCUT2D eigenvalue weighted by molar-refractivity contribution is -0.158. The van der Waals surface area contributed by atoms with Gasteiger partial charge in [-0.1, -0.05) is 30.3 Å². The predicted molar refractivity (Wildman–Crippen MR) is 108 cm³/mol. The first-order valence-electron chi connectivity index (χ1n) is 10.2. The molecule has 1 aliphatic carbocycles. The van der Waals surface area contributed by atoms with Crippen LogP contribution in [0.2, 0.25) is 0 Å². The molecule has 0 spiro atoms. The summed E-state index contributed by atoms with van der Waals surface area (Å²) in [5.41, 5.74) is -0.467. The lowest BCUT2D eigenvalue weighted by Gasteiger charge is -2.48. The van der Waals surface area contributed by atoms with Gasteiger partial charge in [0.15, 0.2) is 0 Å². The maximum atomic E-state index is 13.4. The Morgan fingerprint density at radius 2 is 1.73 bits per heavy atom. The number of esters is 1. The van der Waals surface area contributed by atoms with E-state index in [1.165, 1.54) is 4.90 Å². The fourth-order valence-electron chi connectivity index (χ4n) is 4.44. The van der Waals surface area contributed by atoms with E-state index in [1.54, 1.807) is 29.2 Å². The summed E-state index contributed by atoms with van der Waals surface area (Å²) < 4.78 is 11.2. The lowest BCUT2D eigenvalue weighted by Crippen LogP contribution is -2.69. The molecule has 154 valence electrons. The van der Waals surface area contributed by atoms with E-state index >= 15 is 0 Å². The maximum absolute atomic E-state index is 13.4. The van der Waals surface area contributed by atoms with Crippen LogP contribution in [0.4, 0.5) is 5.69 Å². The van der Waals surface area contributed by atoms with Crippen molar-refractivity contribution < 1.29 is 23.9 Å². The molecule has 2 aromatic carbocycles. The van der Waals surface area contributed by atoms with Gasteiger partial charge in [-0.2, -0.15) is 0 Å². The van der Waals surface area contributed by atoms with Crippen molar-refractivity contribution >= 4 is 23.5 Å². The Morgan fingerprint density at radius 1 is 1.00 bits per heavy atom. The first-order chi connectivity index (χ1) is 14.6. The smallest absolute Gasteiger partial charge is 0.353 e. The van der Waals surface area contributed by atoms with Crippen molar-refractivity contribution in [2.75, 3.05) is 18.1 Å². The second kappa shape index (κ2) is 7.16. The zero-order chi connectivity index (χ0) is 20.7. The van der Waals surface area contributed by atoms with Crippen molar-refractivity contribution in [2.45, 2.75) is 37.4 Å². The Morgan fingerprint density at radius 3 is 2.50 bits per heavy atom. The molecule has 7 heteroatoms. The molecule has 0 unspecified atom stereocenters. The molecule has 2 aliphatic heterocycles. The number of benzene rings is 2. The van der Waals surface area contributed by atoms with Crippen molar-refractivity contribution in [3.8, 4) is 5.75 Å². The molecular formula is C23H22N2O5. The van der Waals surface area contributed by atoms with Crippen LogP contribution in [0, 0.1) is 0 Å². The number of hydrogen-bond acceptors (Lipinski definition) is 5. The molecule has 0 bridgehead atoms. The highest BCUT2D eigenvalue weighted by atomic mass is 16.6. The molecule has 0 aromatic heterocycles. The molecular weight excluding hydrogens is 384 g/mol. The first kappa shape index (κ1) is 18.7. The van der Waals surface area contributed by atoms with Crippen LogP contribution in [0.1, 0.15) is 36.0 Å². The zero-order valence-corrected chi connectivity index (χ0v) is 16.5. The van der Waals surface area contributed by atoms with E-state index < -0.39 is 11.6 Å². The monoisotopic (exact) mass is 406 g/mol. The Bertz CT molecular complexity index is 1000. The third-order valence-electron chi connectivity index (χ3n) is 5.87. The van der Waals surface area contributed by atoms with Gasteiger partial charge in [-0.15, -0.1) is 0 Å². The van der Waals surface area contributed by atoms with Crippen LogP contribution in [0.25, 0.3) is 0 Å². The van der Waals surface area contributed by atoms with E-state index in [0.29, 0.717) is 17.0 Å². The number of nitrogens with zero attached hydrogens (tertiary/aromatic N) is 2. The summed E-state index contributed by atoms with van der Waals surface area (Å²) in [6, 6.07) is 16.2. The van der Waals surface area contributed by atoms with Crippen LogP contribution in [0.15, 0.2) is 54.6 Å². The van der Waals surface area contributed by atoms with E-state index in [1.807, 2.05) is 30.3 Å². The van der Waals surface area contributed by atoms with Crippen LogP contribution in [0.5, 0.6) is 5.75 Å². The van der Waals surface area contributed by atoms with Crippen LogP contribution >= 0.6 is 0 Å². The van der Waals surface area contributed by atoms with Crippen molar-refractivity contribution in [2.24, 2.45) is 0 Å². The fraction of sp³-hybridized carbons (Fsp3) is 0.348. The Labute approximate surface area is 174 Å². The minimum atomic E-state index is -1.41. The van der Waals surface area contributed by atoms with Crippen LogP contribution in [-0.2, 0) is 14.3 Å². The Hall–Kier alpha value is -3.35. The summed E-state index contributed by atoms with van der Waals surface area (Å²) in [7, 11) is 0. The molecule has 2 aromatic rings. The minimum Gasteiger partial charge on any atom is -0.490 e. The van der Waals surface area contributed by atoms with Gasteiger partial charge in [0.25, 0.3) is 5.91 Å². The minimum absolute atomic E-state index is 0.0336. The zero-order valence-electron chi connectivity index (χ0n) is 16.5. The molecule has 30 heavy (non-hydrogen) atoms. The largest absolute Gasteiger partial charge is 0.490 e. The first-order valence-corrected chi connectivity index (χ1v) is 10.2. The highest BCUT2D eigenvalue weighted by molar-refractivity contribution is 6.15. The van der Waals surface area contributed by atoms with Gasteiger partial charge in [-0.25, -0.2) is 4.79 Å². The highest BCUT2D eigenvalue weighted by Gasteiger charge is 2.64. The molecule has 2 heterocycles. The normalized spacial score (nSPS) is 22.5. The van der Waals surface area contributed by atoms with Crippen LogP contribution < -0.4 is 9.64 Å². The summed E-state index contributed by atoms with van der Waals surface area (Å²) in [4.78, 5) is 42.7. The quantitative estimate of drug-likeness (QED) is 0.545. The van der Waals surface area contributed by atoms with Crippen molar-refractivity contribution in [1.29, 1.82) is 0 Å². The number of anilines is 1. The average Bonchev–Trinajstić information content (AvgIpc) is 3.54. The molecule has 0 radical (unpaired) electrons. The van der Waals surface area contributed by atoms with Gasteiger partial charge in [0.05, 0.1) is 11.3 Å². The van der Waals surface area contributed by atoms with Gasteiger partial charge < -0.3 is 14.4 Å². The topological polar surface area (TPSA) is 76.2 Å². The number of fused-ring (bicyclic) bond motifs is 3. The van der Waals surface area contributed by atoms with Crippen molar-refractivity contribution in [1.82, 2.24) is 4.90 Å². The fourth-order valence-corrected chi connectivity index (χ4v) is 4.44. The van der Waals surface area contributed by atoms with E-state index in [9.17, 15) is 14.4 Å². The number of para-hydroxylation sites is 2. The molecule has 1 saturated heterocycles. The number of rotatable bonds is 6. The van der Waals surface area contributed by atoms with Crippen LogP contribution in [0.3, 0.4) is 0 Å². The number of carbonyl (C=O) groups excluding carboxylic acids is 3. The number of amides is 2. The number of carbonyl (C=O) groups is 3. The molecule has 2 fully saturated rings. The molecule has 0 N–H and O–H groups in total. The molecule has 2 amide bonds. The van der Waals surface area contributed by atoms with E-state index in [4.69, 9.17) is 9.47 Å². The standard InChI is InChI=1S/C23H22N2O5/c26-20-12-13-23(22(28)30-15-14-29-17-6-2-1-3-7-17)24(16-10-11-16)21(27)18-8-4-5-9-19(18)25(20)23/h1-9,16H,10-15H2/t23-/m0/s1. The Kier molecular flexibility index (Phi) is 4.46. The van der Waals surface area contributed by atoms with Gasteiger partial charge >= 0.3 is 5.97 Å². The molecule has 7 nitrogen and oxygen atoms in total. The summed E-state index contributed by atoms with van der Waals surface area (Å²) in [6.07, 6.45) is 2.07. The molecule has 3 aliphatic rings. The summed E-state index contributed by atoms with van der Waals surface area (Å²) in [5, 5.41) is 0. The van der Waals surface area contributed by atoms with Gasteiger partial charge in [-0.3, -0.25) is 14.5 Å². The second-order valence-electron chi connectivity index (χ2n) is 7.77. The third kappa shape index (κ3) is 2.84. The molecule has 5 rings (SSSR count). The second-order valence-corrected chi connectivity index (χ2v) is 7.77. The lowest BCUT2D eigenvalue weighted by atomic mass is 9.96. The van der Waals surface area contributed by atoms with Gasteiger partial charge in [0.1, 0.15) is 19.0 Å². The summed E-state index contributed by atoms with van der Waals surface area (Å²) in [5.74, 6) is -0.264. The third-order valence-corrected chi connectivity index (χ3v) is 5.87. The van der Waals surface area contributed by atoms with E-state index in [2.05, 4.69) is 0 Å². The van der Waals surface area contributed by atoms with Gasteiger partial charge in [0.2, 0.25) is 11.6 Å². The van der Waals surface area contributed by atoms with Gasteiger partial charge in [0, 0.05) is 18.9 Å². The predicted octanol–water partition coefficient (Wildman–Crippen LogP) is 2.75. The van der Waals surface area contributed by atoms with E-state index in [0.717, 1.165) is 12.8 Å². The number of hydrogen-bond donors (Lipinski definition) is 0. The maximum Gasteiger partial charge on any atom is 0.353 e. The average molecular weight is 406 g/mol. The Balaban J connectivity index is 1.41. The van der Waals surface area contributed by atoms with Gasteiger partial charge in [-0.05, 0) is 37.1 Å². The van der Waals surface area contributed by atoms with E-state index in [-0.39, 0.29) is 43.9 Å². The highest BCUT2D eigenvalue weighted by Crippen LogP contribution is 2.49. The van der Waals surface area contributed by atoms with Crippen molar-refractivity contribution in [3.05, 3.63) is 60.2 Å². The summed E-state index contributed by atoms with van der Waals surface area (Å²) >= 11 is 0.